The quantitative estimate of drug-likeness (QED) is 0.0437. The maximum absolute atomic E-state index is 13.6. The van der Waals surface area contributed by atoms with Crippen LogP contribution >= 0.6 is 0 Å². The van der Waals surface area contributed by atoms with Crippen molar-refractivity contribution in [3.63, 3.8) is 0 Å². The van der Waals surface area contributed by atoms with Crippen LogP contribution < -0.4 is 0 Å². The van der Waals surface area contributed by atoms with Gasteiger partial charge in [0, 0.05) is 33.4 Å². The van der Waals surface area contributed by atoms with Crippen molar-refractivity contribution in [2.45, 2.75) is 40.8 Å². The fourth-order valence-electron chi connectivity index (χ4n) is 4.34. The molecule has 0 fully saturated rings. The molecule has 5 aromatic rings. The summed E-state index contributed by atoms with van der Waals surface area (Å²) in [5, 5.41) is 5.92. The maximum atomic E-state index is 13.6. The monoisotopic (exact) mass is 728 g/mol. The number of allylic oxidation sites excluding steroid dienone is 2. The van der Waals surface area contributed by atoms with Gasteiger partial charge in [-0.25, -0.2) is 43.9 Å². The van der Waals surface area contributed by atoms with Crippen LogP contribution in [-0.4, -0.2) is 15.7 Å². The molecule has 2 aromatic heterocycles. The van der Waals surface area contributed by atoms with E-state index in [4.69, 9.17) is 0 Å². The van der Waals surface area contributed by atoms with Crippen LogP contribution in [0.5, 0.6) is 0 Å². The molecule has 0 unspecified atom stereocenters. The summed E-state index contributed by atoms with van der Waals surface area (Å²) in [4.78, 5) is 12.8. The largest absolute Gasteiger partial charge is 1.00 e. The molecule has 0 aliphatic heterocycles. The number of aliphatic imine (C=N–C) groups is 1. The number of benzene rings is 3. The number of halogens is 10. The first-order valence-electron chi connectivity index (χ1n) is 13.6. The van der Waals surface area contributed by atoms with Crippen LogP contribution in [0, 0.1) is 72.0 Å². The Hall–Kier alpha value is -4.49. The fourth-order valence-corrected chi connectivity index (χ4v) is 4.34. The third kappa shape index (κ3) is 7.96. The van der Waals surface area contributed by atoms with Crippen LogP contribution in [0.3, 0.4) is 0 Å². The van der Waals surface area contributed by atoms with E-state index >= 15 is 0 Å². The van der Waals surface area contributed by atoms with E-state index in [0.29, 0.717) is 0 Å². The first-order valence-corrected chi connectivity index (χ1v) is 13.6. The number of nitrogens with zero attached hydrogens (tertiary/aromatic N) is 4. The third-order valence-corrected chi connectivity index (χ3v) is 6.79. The number of rotatable bonds is 6. The van der Waals surface area contributed by atoms with Crippen molar-refractivity contribution in [1.29, 1.82) is 0 Å². The summed E-state index contributed by atoms with van der Waals surface area (Å²) in [6, 6.07) is 12.5. The predicted molar refractivity (Wildman–Crippen MR) is 157 cm³/mol. The van der Waals surface area contributed by atoms with E-state index in [0.717, 1.165) is 39.3 Å². The van der Waals surface area contributed by atoms with Crippen molar-refractivity contribution in [1.82, 2.24) is 9.97 Å². The van der Waals surface area contributed by atoms with E-state index in [2.05, 4.69) is 44.5 Å². The molecule has 4 nitrogen and oxygen atoms in total. The Bertz CT molecular complexity index is 1960. The van der Waals surface area contributed by atoms with Gasteiger partial charge in [-0.2, -0.15) is 5.70 Å². The van der Waals surface area contributed by atoms with Crippen molar-refractivity contribution >= 4 is 27.5 Å². The Morgan fingerprint density at radius 3 is 1.35 bits per heavy atom. The number of hydrogen-bond acceptors (Lipinski definition) is 3. The SMILES string of the molecule is CC(/C=C(/C)[N-]Cc1c(F)c(F)c(F)c(F)c1F)=NCc1c(F)c(F)c(F)c(F)c1F.Cc1ccc2ccc3ccc(C)nc3c2n1.[Cu+]. The summed E-state index contributed by atoms with van der Waals surface area (Å²) in [5.74, 6) is -21.4. The first kappa shape index (κ1) is 38.0. The van der Waals surface area contributed by atoms with E-state index in [1.54, 1.807) is 0 Å². The third-order valence-electron chi connectivity index (χ3n) is 6.79. The van der Waals surface area contributed by atoms with Crippen LogP contribution in [-0.2, 0) is 30.2 Å². The molecule has 5 rings (SSSR count). The standard InChI is InChI=1S/C19H11F10N2.C14H12N2.Cu/c1-6(30-4-8-10(20)14(24)18(28)15(25)11(8)21)3-7(2)31-5-9-12(22)16(26)19(29)17(27)13(9)23;1-9-3-5-11-7-8-12-6-4-10(2)16-14(12)13(11)15-9;/h3H,4-5H2,1-2H3;3-8H,1-2H3;/q-1;;+1/b6-3-,31-7?;;. The maximum Gasteiger partial charge on any atom is 1.00 e. The first-order chi connectivity index (χ1) is 22.1. The Morgan fingerprint density at radius 2 is 0.938 bits per heavy atom. The molecular formula is C33H23CuF10N4. The summed E-state index contributed by atoms with van der Waals surface area (Å²) in [6.45, 7) is 4.66. The van der Waals surface area contributed by atoms with Crippen molar-refractivity contribution in [2.75, 3.05) is 0 Å². The smallest absolute Gasteiger partial charge is 0.684 e. The average molecular weight is 729 g/mol. The minimum Gasteiger partial charge on any atom is -0.684 e. The molecule has 256 valence electrons. The van der Waals surface area contributed by atoms with Gasteiger partial charge >= 0.3 is 17.1 Å². The van der Waals surface area contributed by atoms with Gasteiger partial charge < -0.3 is 5.32 Å². The Labute approximate surface area is 278 Å². The van der Waals surface area contributed by atoms with E-state index < -0.39 is 82.4 Å². The van der Waals surface area contributed by atoms with Gasteiger partial charge in [-0.15, -0.1) is 0 Å². The molecule has 0 atom stereocenters. The summed E-state index contributed by atoms with van der Waals surface area (Å²) in [5.41, 5.74) is 1.62. The van der Waals surface area contributed by atoms with Crippen LogP contribution in [0.4, 0.5) is 43.9 Å². The number of hydrogen-bond donors (Lipinski definition) is 0. The molecule has 0 radical (unpaired) electrons. The molecule has 48 heavy (non-hydrogen) atoms. The number of pyridine rings is 2. The van der Waals surface area contributed by atoms with E-state index in [1.165, 1.54) is 13.8 Å². The molecule has 15 heteroatoms. The van der Waals surface area contributed by atoms with Crippen LogP contribution in [0.1, 0.15) is 36.4 Å². The molecule has 0 aliphatic rings. The molecule has 3 aromatic carbocycles. The molecular weight excluding hydrogens is 706 g/mol. The molecule has 0 saturated carbocycles. The molecule has 0 saturated heterocycles. The molecule has 0 amide bonds. The van der Waals surface area contributed by atoms with Gasteiger partial charge in [-0.3, -0.25) is 15.0 Å². The Kier molecular flexibility index (Phi) is 12.3. The Morgan fingerprint density at radius 1 is 0.583 bits per heavy atom. The van der Waals surface area contributed by atoms with E-state index in [9.17, 15) is 43.9 Å². The van der Waals surface area contributed by atoms with Crippen molar-refractivity contribution in [3.05, 3.63) is 134 Å². The summed E-state index contributed by atoms with van der Waals surface area (Å²) in [6.07, 6.45) is 1.10. The van der Waals surface area contributed by atoms with Crippen molar-refractivity contribution < 1.29 is 61.0 Å². The topological polar surface area (TPSA) is 52.2 Å². The van der Waals surface area contributed by atoms with Gasteiger partial charge in [0.15, 0.2) is 46.5 Å². The van der Waals surface area contributed by atoms with Gasteiger partial charge in [0.25, 0.3) is 0 Å². The van der Waals surface area contributed by atoms with Crippen LogP contribution in [0.2, 0.25) is 0 Å². The van der Waals surface area contributed by atoms with Gasteiger partial charge in [-0.1, -0.05) is 43.8 Å². The number of fused-ring (bicyclic) bond motifs is 3. The predicted octanol–water partition coefficient (Wildman–Crippen LogP) is 9.91. The molecule has 0 bridgehead atoms. The average Bonchev–Trinajstić information content (AvgIpc) is 3.04. The van der Waals surface area contributed by atoms with Gasteiger partial charge in [-0.05, 0) is 32.9 Å². The zero-order valence-electron chi connectivity index (χ0n) is 25.3. The minimum absolute atomic E-state index is 0. The molecule has 2 heterocycles. The van der Waals surface area contributed by atoms with Gasteiger partial charge in [0.1, 0.15) is 0 Å². The zero-order chi connectivity index (χ0) is 34.7. The van der Waals surface area contributed by atoms with Gasteiger partial charge in [0.05, 0.1) is 23.1 Å². The second-order valence-corrected chi connectivity index (χ2v) is 10.3. The van der Waals surface area contributed by atoms with Gasteiger partial charge in [0.2, 0.25) is 11.6 Å². The minimum atomic E-state index is -2.32. The Balaban J connectivity index is 0.000000306. The summed E-state index contributed by atoms with van der Waals surface area (Å²) in [7, 11) is 0. The van der Waals surface area contributed by atoms with Crippen molar-refractivity contribution in [3.8, 4) is 0 Å². The summed E-state index contributed by atoms with van der Waals surface area (Å²) < 4.78 is 133. The van der Waals surface area contributed by atoms with Crippen LogP contribution in [0.15, 0.2) is 53.2 Å². The second-order valence-electron chi connectivity index (χ2n) is 10.3. The van der Waals surface area contributed by atoms with E-state index in [-0.39, 0.29) is 28.5 Å². The molecule has 0 spiro atoms. The van der Waals surface area contributed by atoms with Crippen LogP contribution in [0.25, 0.3) is 27.1 Å². The number of aryl methyl sites for hydroxylation is 2. The summed E-state index contributed by atoms with van der Waals surface area (Å²) >= 11 is 0. The van der Waals surface area contributed by atoms with Crippen molar-refractivity contribution in [2.24, 2.45) is 4.99 Å². The molecule has 0 N–H and O–H groups in total. The van der Waals surface area contributed by atoms with E-state index in [1.807, 2.05) is 26.0 Å². The molecule has 0 aliphatic carbocycles. The zero-order valence-corrected chi connectivity index (χ0v) is 26.3. The fraction of sp³-hybridized carbons (Fsp3) is 0.182. The second kappa shape index (κ2) is 15.6. The normalized spacial score (nSPS) is 11.8. The number of aromatic nitrogens is 2.